The summed E-state index contributed by atoms with van der Waals surface area (Å²) in [6, 6.07) is 3.59. The molecule has 3 nitrogen and oxygen atoms in total. The molecule has 84 valence electrons. The van der Waals surface area contributed by atoms with Crippen molar-refractivity contribution in [1.29, 1.82) is 0 Å². The van der Waals surface area contributed by atoms with E-state index in [1.54, 1.807) is 12.3 Å². The maximum absolute atomic E-state index is 11.5. The molecular formula is C12H18O3. The minimum atomic E-state index is -0.685. The summed E-state index contributed by atoms with van der Waals surface area (Å²) in [6.07, 6.45) is 2.01. The highest BCUT2D eigenvalue weighted by atomic mass is 16.6. The third-order valence-corrected chi connectivity index (χ3v) is 2.06. The Labute approximate surface area is 90.4 Å². The fourth-order valence-electron chi connectivity index (χ4n) is 1.33. The van der Waals surface area contributed by atoms with Crippen LogP contribution in [0.1, 0.15) is 39.9 Å². The Morgan fingerprint density at radius 3 is 2.67 bits per heavy atom. The normalized spacial score (nSPS) is 11.8. The lowest BCUT2D eigenvalue weighted by atomic mass is 10.1. The van der Waals surface area contributed by atoms with E-state index in [-0.39, 0.29) is 5.97 Å². The van der Waals surface area contributed by atoms with Crippen LogP contribution in [0.25, 0.3) is 0 Å². The van der Waals surface area contributed by atoms with Crippen LogP contribution in [0.4, 0.5) is 0 Å². The fourth-order valence-corrected chi connectivity index (χ4v) is 1.33. The number of furan rings is 1. The van der Waals surface area contributed by atoms with Crippen LogP contribution in [0, 0.1) is 5.92 Å². The van der Waals surface area contributed by atoms with E-state index in [1.165, 1.54) is 0 Å². The van der Waals surface area contributed by atoms with Gasteiger partial charge in [-0.2, -0.15) is 0 Å². The average molecular weight is 210 g/mol. The van der Waals surface area contributed by atoms with Gasteiger partial charge in [0.05, 0.1) is 6.26 Å². The maximum Gasteiger partial charge on any atom is 0.307 e. The number of ether oxygens (including phenoxy) is 1. The van der Waals surface area contributed by atoms with Crippen LogP contribution in [0.2, 0.25) is 0 Å². The van der Waals surface area contributed by atoms with Gasteiger partial charge in [0.1, 0.15) is 5.76 Å². The van der Waals surface area contributed by atoms with Gasteiger partial charge in [-0.1, -0.05) is 13.8 Å². The molecule has 1 aromatic heterocycles. The zero-order valence-corrected chi connectivity index (χ0v) is 9.74. The molecule has 0 radical (unpaired) electrons. The van der Waals surface area contributed by atoms with Crippen molar-refractivity contribution in [3.63, 3.8) is 0 Å². The second-order valence-corrected chi connectivity index (χ2v) is 4.56. The molecule has 0 saturated carbocycles. The first-order valence-electron chi connectivity index (χ1n) is 5.17. The van der Waals surface area contributed by atoms with Crippen molar-refractivity contribution in [2.75, 3.05) is 0 Å². The van der Waals surface area contributed by atoms with Crippen LogP contribution in [-0.2, 0) is 15.1 Å². The van der Waals surface area contributed by atoms with E-state index in [9.17, 15) is 4.79 Å². The van der Waals surface area contributed by atoms with Crippen LogP contribution >= 0.6 is 0 Å². The van der Waals surface area contributed by atoms with Crippen LogP contribution in [0.15, 0.2) is 22.8 Å². The monoisotopic (exact) mass is 210 g/mol. The van der Waals surface area contributed by atoms with E-state index >= 15 is 0 Å². The second-order valence-electron chi connectivity index (χ2n) is 4.56. The first-order valence-corrected chi connectivity index (χ1v) is 5.17. The Hall–Kier alpha value is -1.25. The van der Waals surface area contributed by atoms with Gasteiger partial charge in [-0.05, 0) is 31.9 Å². The standard InChI is InChI=1S/C12H18O3/c1-9(2)8-11(13)15-12(3,4)10-6-5-7-14-10/h5-7,9H,8H2,1-4H3. The molecule has 0 aliphatic rings. The molecule has 3 heteroatoms. The van der Waals surface area contributed by atoms with Crippen molar-refractivity contribution >= 4 is 5.97 Å². The van der Waals surface area contributed by atoms with Gasteiger partial charge < -0.3 is 9.15 Å². The summed E-state index contributed by atoms with van der Waals surface area (Å²) in [5, 5.41) is 0. The molecule has 1 aromatic rings. The molecule has 1 heterocycles. The van der Waals surface area contributed by atoms with Gasteiger partial charge >= 0.3 is 5.97 Å². The highest BCUT2D eigenvalue weighted by molar-refractivity contribution is 5.70. The average Bonchev–Trinajstić information content (AvgIpc) is 2.51. The minimum Gasteiger partial charge on any atom is -0.465 e. The number of rotatable bonds is 4. The molecule has 1 rings (SSSR count). The molecule has 15 heavy (non-hydrogen) atoms. The van der Waals surface area contributed by atoms with Crippen LogP contribution < -0.4 is 0 Å². The molecule has 0 spiro atoms. The van der Waals surface area contributed by atoms with Gasteiger partial charge in [0, 0.05) is 6.42 Å². The Kier molecular flexibility index (Phi) is 3.56. The lowest BCUT2D eigenvalue weighted by Crippen LogP contribution is -2.25. The number of hydrogen-bond acceptors (Lipinski definition) is 3. The van der Waals surface area contributed by atoms with Crippen LogP contribution in [-0.4, -0.2) is 5.97 Å². The summed E-state index contributed by atoms with van der Waals surface area (Å²) in [7, 11) is 0. The maximum atomic E-state index is 11.5. The van der Waals surface area contributed by atoms with Gasteiger partial charge in [-0.3, -0.25) is 4.79 Å². The first-order chi connectivity index (χ1) is 6.92. The molecule has 0 unspecified atom stereocenters. The predicted molar refractivity (Wildman–Crippen MR) is 57.3 cm³/mol. The van der Waals surface area contributed by atoms with E-state index < -0.39 is 5.60 Å². The summed E-state index contributed by atoms with van der Waals surface area (Å²) in [5.41, 5.74) is -0.685. The van der Waals surface area contributed by atoms with Gasteiger partial charge in [0.15, 0.2) is 5.60 Å². The van der Waals surface area contributed by atoms with Crippen molar-refractivity contribution in [2.24, 2.45) is 5.92 Å². The molecule has 0 N–H and O–H groups in total. The number of carbonyl (C=O) groups is 1. The molecule has 0 atom stereocenters. The first kappa shape index (κ1) is 11.8. The Morgan fingerprint density at radius 2 is 2.20 bits per heavy atom. The van der Waals surface area contributed by atoms with E-state index in [0.29, 0.717) is 18.1 Å². The zero-order valence-electron chi connectivity index (χ0n) is 9.74. The third-order valence-electron chi connectivity index (χ3n) is 2.06. The Bertz CT molecular complexity index is 310. The van der Waals surface area contributed by atoms with Gasteiger partial charge in [0.25, 0.3) is 0 Å². The molecule has 0 saturated heterocycles. The summed E-state index contributed by atoms with van der Waals surface area (Å²) in [6.45, 7) is 7.62. The number of esters is 1. The van der Waals surface area contributed by atoms with Crippen LogP contribution in [0.3, 0.4) is 0 Å². The van der Waals surface area contributed by atoms with Crippen LogP contribution in [0.5, 0.6) is 0 Å². The largest absolute Gasteiger partial charge is 0.465 e. The highest BCUT2D eigenvalue weighted by Gasteiger charge is 2.28. The molecule has 0 aliphatic carbocycles. The molecule has 0 aliphatic heterocycles. The van der Waals surface area contributed by atoms with Crippen molar-refractivity contribution in [3.05, 3.63) is 24.2 Å². The van der Waals surface area contributed by atoms with Crippen molar-refractivity contribution in [1.82, 2.24) is 0 Å². The van der Waals surface area contributed by atoms with Gasteiger partial charge in [-0.25, -0.2) is 0 Å². The van der Waals surface area contributed by atoms with Crippen molar-refractivity contribution in [3.8, 4) is 0 Å². The Morgan fingerprint density at radius 1 is 1.53 bits per heavy atom. The topological polar surface area (TPSA) is 39.4 Å². The highest BCUT2D eigenvalue weighted by Crippen LogP contribution is 2.25. The Balaban J connectivity index is 2.61. The summed E-state index contributed by atoms with van der Waals surface area (Å²) >= 11 is 0. The lowest BCUT2D eigenvalue weighted by molar-refractivity contribution is -0.160. The quantitative estimate of drug-likeness (QED) is 0.717. The smallest absolute Gasteiger partial charge is 0.307 e. The zero-order chi connectivity index (χ0) is 11.5. The summed E-state index contributed by atoms with van der Waals surface area (Å²) in [4.78, 5) is 11.5. The van der Waals surface area contributed by atoms with Crippen molar-refractivity contribution in [2.45, 2.75) is 39.7 Å². The molecule has 0 amide bonds. The van der Waals surface area contributed by atoms with E-state index in [2.05, 4.69) is 0 Å². The minimum absolute atomic E-state index is 0.189. The van der Waals surface area contributed by atoms with Gasteiger partial charge in [-0.15, -0.1) is 0 Å². The number of carbonyl (C=O) groups excluding carboxylic acids is 1. The molecule has 0 aromatic carbocycles. The predicted octanol–water partition coefficient (Wildman–Crippen LogP) is 3.10. The fraction of sp³-hybridized carbons (Fsp3) is 0.583. The molecular weight excluding hydrogens is 192 g/mol. The number of hydrogen-bond donors (Lipinski definition) is 0. The lowest BCUT2D eigenvalue weighted by Gasteiger charge is -2.23. The van der Waals surface area contributed by atoms with E-state index in [4.69, 9.17) is 9.15 Å². The summed E-state index contributed by atoms with van der Waals surface area (Å²) < 4.78 is 10.6. The summed E-state index contributed by atoms with van der Waals surface area (Å²) in [5.74, 6) is 0.788. The third kappa shape index (κ3) is 3.42. The van der Waals surface area contributed by atoms with Gasteiger partial charge in [0.2, 0.25) is 0 Å². The van der Waals surface area contributed by atoms with E-state index in [0.717, 1.165) is 0 Å². The SMILES string of the molecule is CC(C)CC(=O)OC(C)(C)c1ccco1. The molecule has 0 bridgehead atoms. The second kappa shape index (κ2) is 4.51. The van der Waals surface area contributed by atoms with E-state index in [1.807, 2.05) is 33.8 Å². The molecule has 0 fully saturated rings. The van der Waals surface area contributed by atoms with Crippen molar-refractivity contribution < 1.29 is 13.9 Å².